The number of ether oxygens (including phenoxy) is 1. The fourth-order valence-electron chi connectivity index (χ4n) is 12.8. The number of allylic oxidation sites excluding steroid dienone is 1. The Morgan fingerprint density at radius 3 is 0.800 bits per heavy atom. The zero-order valence-electron chi connectivity index (χ0n) is 58.1. The second kappa shape index (κ2) is 75.1. The topological polar surface area (TPSA) is 95.9 Å². The summed E-state index contributed by atoms with van der Waals surface area (Å²) in [5, 5.41) is 23.3. The molecule has 85 heavy (non-hydrogen) atoms. The molecule has 6 heteroatoms. The Labute approximate surface area is 533 Å². The number of amides is 1. The molecule has 0 rings (SSSR count). The van der Waals surface area contributed by atoms with Crippen molar-refractivity contribution >= 4 is 11.9 Å². The Kier molecular flexibility index (Phi) is 73.8. The van der Waals surface area contributed by atoms with Crippen LogP contribution in [0.2, 0.25) is 0 Å². The molecule has 0 saturated heterocycles. The molecule has 1 amide bonds. The SMILES string of the molecule is CCCCCCCCCCCCCCCCCCCCCCCCC/C=C/C(O)C(CO)NC(=O)CCCCCCCCCCCCCCCCCCCCCCCCCCCCCCCCCCOC(=O)CCCCCCCCCCCCC. The molecular weight excluding hydrogens is 1040 g/mol. The smallest absolute Gasteiger partial charge is 0.305 e. The van der Waals surface area contributed by atoms with Gasteiger partial charge in [-0.1, -0.05) is 424 Å². The number of rotatable bonds is 75. The molecule has 0 aromatic rings. The lowest BCUT2D eigenvalue weighted by atomic mass is 10.0. The number of aliphatic hydroxyl groups excluding tert-OH is 2. The van der Waals surface area contributed by atoms with E-state index in [2.05, 4.69) is 19.2 Å². The number of unbranched alkanes of at least 4 members (excludes halogenated alkanes) is 64. The van der Waals surface area contributed by atoms with E-state index in [9.17, 15) is 19.8 Å². The van der Waals surface area contributed by atoms with Crippen molar-refractivity contribution in [1.29, 1.82) is 0 Å². The molecule has 0 aliphatic rings. The fourth-order valence-corrected chi connectivity index (χ4v) is 12.8. The van der Waals surface area contributed by atoms with E-state index in [0.717, 1.165) is 38.5 Å². The first-order valence-electron chi connectivity index (χ1n) is 39.5. The summed E-state index contributed by atoms with van der Waals surface area (Å²) in [6, 6.07) is -0.625. The maximum absolute atomic E-state index is 12.6. The second-order valence-corrected chi connectivity index (χ2v) is 27.4. The molecule has 0 fully saturated rings. The summed E-state index contributed by atoms with van der Waals surface area (Å²) < 4.78 is 5.48. The zero-order chi connectivity index (χ0) is 61.3. The van der Waals surface area contributed by atoms with Crippen LogP contribution < -0.4 is 5.32 Å². The molecule has 6 nitrogen and oxygen atoms in total. The maximum Gasteiger partial charge on any atom is 0.305 e. The quantitative estimate of drug-likeness (QED) is 0.0320. The van der Waals surface area contributed by atoms with Crippen LogP contribution in [-0.2, 0) is 14.3 Å². The number of aliphatic hydroxyl groups is 2. The number of nitrogens with one attached hydrogen (secondary N) is 1. The molecule has 0 saturated carbocycles. The van der Waals surface area contributed by atoms with Crippen molar-refractivity contribution < 1.29 is 24.5 Å². The van der Waals surface area contributed by atoms with E-state index < -0.39 is 12.1 Å². The molecule has 0 aliphatic heterocycles. The number of hydrogen-bond donors (Lipinski definition) is 3. The molecule has 506 valence electrons. The van der Waals surface area contributed by atoms with E-state index in [1.807, 2.05) is 6.08 Å². The summed E-state index contributed by atoms with van der Waals surface area (Å²) >= 11 is 0. The third-order valence-electron chi connectivity index (χ3n) is 18.8. The lowest BCUT2D eigenvalue weighted by molar-refractivity contribution is -0.143. The van der Waals surface area contributed by atoms with Gasteiger partial charge in [0.05, 0.1) is 25.4 Å². The molecule has 0 spiro atoms. The van der Waals surface area contributed by atoms with Crippen LogP contribution in [-0.4, -0.2) is 47.4 Å². The van der Waals surface area contributed by atoms with Crippen molar-refractivity contribution in [2.24, 2.45) is 0 Å². The van der Waals surface area contributed by atoms with Gasteiger partial charge in [-0.3, -0.25) is 9.59 Å². The average Bonchev–Trinajstić information content (AvgIpc) is 3.55. The first-order valence-corrected chi connectivity index (χ1v) is 39.5. The summed E-state index contributed by atoms with van der Waals surface area (Å²) in [7, 11) is 0. The van der Waals surface area contributed by atoms with Crippen LogP contribution >= 0.6 is 0 Å². The molecule has 0 aliphatic carbocycles. The van der Waals surface area contributed by atoms with Gasteiger partial charge in [-0.25, -0.2) is 0 Å². The fraction of sp³-hybridized carbons (Fsp3) is 0.949. The van der Waals surface area contributed by atoms with Crippen molar-refractivity contribution in [1.82, 2.24) is 5.32 Å². The summed E-state index contributed by atoms with van der Waals surface area (Å²) in [6.07, 6.45) is 94.8. The molecule has 0 radical (unpaired) electrons. The van der Waals surface area contributed by atoms with E-state index >= 15 is 0 Å². The van der Waals surface area contributed by atoms with Crippen LogP contribution in [0.15, 0.2) is 12.2 Å². The molecule has 3 N–H and O–H groups in total. The minimum absolute atomic E-state index is 0.0218. The van der Waals surface area contributed by atoms with E-state index in [4.69, 9.17) is 4.74 Å². The van der Waals surface area contributed by atoms with E-state index in [1.165, 1.54) is 392 Å². The van der Waals surface area contributed by atoms with Crippen LogP contribution in [0.5, 0.6) is 0 Å². The van der Waals surface area contributed by atoms with Crippen molar-refractivity contribution in [3.63, 3.8) is 0 Å². The number of esters is 1. The normalized spacial score (nSPS) is 12.5. The second-order valence-electron chi connectivity index (χ2n) is 27.4. The molecule has 2 unspecified atom stereocenters. The minimum atomic E-state index is -0.842. The van der Waals surface area contributed by atoms with E-state index in [-0.39, 0.29) is 18.5 Å². The van der Waals surface area contributed by atoms with Gasteiger partial charge in [0.25, 0.3) is 0 Å². The van der Waals surface area contributed by atoms with Gasteiger partial charge in [-0.2, -0.15) is 0 Å². The molecule has 2 atom stereocenters. The summed E-state index contributed by atoms with van der Waals surface area (Å²) in [6.45, 7) is 4.96. The first-order chi connectivity index (χ1) is 42.0. The van der Waals surface area contributed by atoms with Gasteiger partial charge < -0.3 is 20.3 Å². The van der Waals surface area contributed by atoms with Crippen molar-refractivity contribution in [2.75, 3.05) is 13.2 Å². The number of carbonyl (C=O) groups excluding carboxylic acids is 2. The third kappa shape index (κ3) is 71.6. The number of carbonyl (C=O) groups is 2. The molecule has 0 aromatic heterocycles. The predicted octanol–water partition coefficient (Wildman–Crippen LogP) is 25.9. The molecule has 0 heterocycles. The molecular formula is C79H155NO5. The minimum Gasteiger partial charge on any atom is -0.466 e. The molecule has 0 aromatic carbocycles. The summed E-state index contributed by atoms with van der Waals surface area (Å²) in [5.41, 5.74) is 0. The van der Waals surface area contributed by atoms with Gasteiger partial charge >= 0.3 is 5.97 Å². The summed E-state index contributed by atoms with van der Waals surface area (Å²) in [4.78, 5) is 24.6. The average molecular weight is 1200 g/mol. The standard InChI is InChI=1S/C79H155NO5/c1-3-5-7-9-11-13-15-16-17-18-19-20-21-30-33-36-39-42-45-48-52-55-59-63-67-71-77(82)76(75-81)80-78(83)72-68-64-60-56-53-49-46-43-40-37-34-31-28-26-24-22-23-25-27-29-32-35-38-41-44-47-50-54-58-62-66-70-74-85-79(84)73-69-65-61-57-51-14-12-10-8-6-4-2/h67,71,76-77,81-82H,3-66,68-70,72-75H2,1-2H3,(H,80,83)/b71-67+. The van der Waals surface area contributed by atoms with Crippen LogP contribution in [0, 0.1) is 0 Å². The van der Waals surface area contributed by atoms with Crippen molar-refractivity contribution in [2.45, 2.75) is 469 Å². The highest BCUT2D eigenvalue weighted by atomic mass is 16.5. The monoisotopic (exact) mass is 1200 g/mol. The highest BCUT2D eigenvalue weighted by Crippen LogP contribution is 2.20. The van der Waals surface area contributed by atoms with Gasteiger partial charge in [0, 0.05) is 12.8 Å². The van der Waals surface area contributed by atoms with E-state index in [1.54, 1.807) is 6.08 Å². The van der Waals surface area contributed by atoms with Crippen LogP contribution in [0.25, 0.3) is 0 Å². The zero-order valence-corrected chi connectivity index (χ0v) is 58.1. The van der Waals surface area contributed by atoms with Crippen LogP contribution in [0.1, 0.15) is 457 Å². The Morgan fingerprint density at radius 1 is 0.318 bits per heavy atom. The predicted molar refractivity (Wildman–Crippen MR) is 375 cm³/mol. The van der Waals surface area contributed by atoms with Gasteiger partial charge in [-0.05, 0) is 32.1 Å². The number of hydrogen-bond acceptors (Lipinski definition) is 5. The lowest BCUT2D eigenvalue weighted by Crippen LogP contribution is -2.45. The van der Waals surface area contributed by atoms with Crippen LogP contribution in [0.4, 0.5) is 0 Å². The Bertz CT molecular complexity index is 1290. The maximum atomic E-state index is 12.6. The Hall–Kier alpha value is -1.40. The largest absolute Gasteiger partial charge is 0.466 e. The van der Waals surface area contributed by atoms with E-state index in [0.29, 0.717) is 19.4 Å². The Balaban J connectivity index is 3.35. The lowest BCUT2D eigenvalue weighted by Gasteiger charge is -2.20. The van der Waals surface area contributed by atoms with Gasteiger partial charge in [0.2, 0.25) is 5.91 Å². The van der Waals surface area contributed by atoms with Crippen molar-refractivity contribution in [3.8, 4) is 0 Å². The van der Waals surface area contributed by atoms with Crippen molar-refractivity contribution in [3.05, 3.63) is 12.2 Å². The highest BCUT2D eigenvalue weighted by molar-refractivity contribution is 5.76. The third-order valence-corrected chi connectivity index (χ3v) is 18.8. The van der Waals surface area contributed by atoms with Gasteiger partial charge in [0.1, 0.15) is 0 Å². The highest BCUT2D eigenvalue weighted by Gasteiger charge is 2.18. The Morgan fingerprint density at radius 2 is 0.541 bits per heavy atom. The van der Waals surface area contributed by atoms with Gasteiger partial charge in [0.15, 0.2) is 0 Å². The first kappa shape index (κ1) is 83.6. The van der Waals surface area contributed by atoms with Crippen LogP contribution in [0.3, 0.4) is 0 Å². The summed E-state index contributed by atoms with van der Waals surface area (Å²) in [5.74, 6) is -0.0358. The molecule has 0 bridgehead atoms. The van der Waals surface area contributed by atoms with Gasteiger partial charge in [-0.15, -0.1) is 0 Å².